The summed E-state index contributed by atoms with van der Waals surface area (Å²) in [6.07, 6.45) is 6.94. The average molecular weight is 326 g/mol. The van der Waals surface area contributed by atoms with Crippen LogP contribution in [0.25, 0.3) is 0 Å². The number of rotatable bonds is 7. The summed E-state index contributed by atoms with van der Waals surface area (Å²) in [5.41, 5.74) is 0. The van der Waals surface area contributed by atoms with Crippen LogP contribution in [0.4, 0.5) is 0 Å². The van der Waals surface area contributed by atoms with Crippen molar-refractivity contribution in [3.05, 3.63) is 0 Å². The van der Waals surface area contributed by atoms with Crippen LogP contribution in [0.3, 0.4) is 0 Å². The van der Waals surface area contributed by atoms with Gasteiger partial charge in [0.1, 0.15) is 0 Å². The van der Waals surface area contributed by atoms with E-state index < -0.39 is 18.0 Å². The molecule has 0 saturated carbocycles. The second-order valence-corrected chi connectivity index (χ2v) is 4.56. The molecule has 0 aromatic rings. The van der Waals surface area contributed by atoms with E-state index in [2.05, 4.69) is 6.92 Å². The molecule has 5 N–H and O–H groups in total. The molecule has 22 heavy (non-hydrogen) atoms. The molecule has 0 heterocycles. The molecular weight excluding hydrogens is 292 g/mol. The number of carboxylic acids is 2. The minimum Gasteiger partial charge on any atom is -0.481 e. The van der Waals surface area contributed by atoms with Gasteiger partial charge in [0.05, 0.1) is 12.7 Å². The number of aliphatic carboxylic acids is 2. The molecule has 0 aromatic heterocycles. The predicted molar refractivity (Wildman–Crippen MR) is 85.8 cm³/mol. The maximum Gasteiger partial charge on any atom is 0.300 e. The van der Waals surface area contributed by atoms with Gasteiger partial charge in [-0.1, -0.05) is 39.0 Å². The Morgan fingerprint density at radius 3 is 1.36 bits per heavy atom. The third-order valence-electron chi connectivity index (χ3n) is 1.78. The first kappa shape index (κ1) is 28.9. The molecule has 7 heteroatoms. The van der Waals surface area contributed by atoms with Gasteiger partial charge in [-0.15, -0.1) is 0 Å². The van der Waals surface area contributed by atoms with Gasteiger partial charge < -0.3 is 25.5 Å². The zero-order valence-electron chi connectivity index (χ0n) is 14.3. The molecule has 0 aliphatic heterocycles. The molecule has 0 aliphatic rings. The first-order chi connectivity index (χ1) is 10.1. The quantitative estimate of drug-likeness (QED) is 0.451. The lowest BCUT2D eigenvalue weighted by molar-refractivity contribution is -0.135. The molecule has 0 rings (SSSR count). The smallest absolute Gasteiger partial charge is 0.300 e. The SMILES string of the molecule is CC(=O)O.CC(=O)O.CC(O)CO.CCCCCCCCO. The largest absolute Gasteiger partial charge is 0.481 e. The van der Waals surface area contributed by atoms with Crippen LogP contribution < -0.4 is 0 Å². The van der Waals surface area contributed by atoms with E-state index in [1.54, 1.807) is 0 Å². The van der Waals surface area contributed by atoms with Crippen molar-refractivity contribution in [3.8, 4) is 0 Å². The second-order valence-electron chi connectivity index (χ2n) is 4.56. The molecule has 0 radical (unpaired) electrons. The second kappa shape index (κ2) is 28.0. The van der Waals surface area contributed by atoms with Gasteiger partial charge in [-0.25, -0.2) is 0 Å². The molecule has 7 nitrogen and oxygen atoms in total. The summed E-state index contributed by atoms with van der Waals surface area (Å²) in [6, 6.07) is 0. The summed E-state index contributed by atoms with van der Waals surface area (Å²) in [7, 11) is 0. The highest BCUT2D eigenvalue weighted by atomic mass is 16.4. The van der Waals surface area contributed by atoms with Gasteiger partial charge in [0.2, 0.25) is 0 Å². The highest BCUT2D eigenvalue weighted by Gasteiger charge is 1.86. The zero-order valence-corrected chi connectivity index (χ0v) is 14.3. The van der Waals surface area contributed by atoms with Crippen LogP contribution in [0.1, 0.15) is 66.2 Å². The summed E-state index contributed by atoms with van der Waals surface area (Å²) >= 11 is 0. The predicted octanol–water partition coefficient (Wildman–Crippen LogP) is 1.88. The van der Waals surface area contributed by atoms with Crippen molar-refractivity contribution < 1.29 is 35.1 Å². The van der Waals surface area contributed by atoms with Crippen molar-refractivity contribution in [2.75, 3.05) is 13.2 Å². The van der Waals surface area contributed by atoms with Gasteiger partial charge >= 0.3 is 0 Å². The number of aliphatic hydroxyl groups is 3. The molecule has 0 saturated heterocycles. The highest BCUT2D eigenvalue weighted by molar-refractivity contribution is 5.63. The first-order valence-corrected chi connectivity index (χ1v) is 7.44. The molecular formula is C15H34O7. The van der Waals surface area contributed by atoms with E-state index in [0.29, 0.717) is 6.61 Å². The minimum absolute atomic E-state index is 0.139. The lowest BCUT2D eigenvalue weighted by atomic mass is 10.1. The van der Waals surface area contributed by atoms with Gasteiger partial charge in [0.25, 0.3) is 11.9 Å². The van der Waals surface area contributed by atoms with Crippen LogP contribution >= 0.6 is 0 Å². The summed E-state index contributed by atoms with van der Waals surface area (Å²) < 4.78 is 0. The van der Waals surface area contributed by atoms with Crippen LogP contribution in [0.2, 0.25) is 0 Å². The van der Waals surface area contributed by atoms with Gasteiger partial charge in [-0.3, -0.25) is 9.59 Å². The number of carbonyl (C=O) groups is 2. The summed E-state index contributed by atoms with van der Waals surface area (Å²) in [6.45, 7) is 6.14. The van der Waals surface area contributed by atoms with Crippen molar-refractivity contribution in [2.45, 2.75) is 72.3 Å². The zero-order chi connectivity index (χ0) is 18.4. The lowest BCUT2D eigenvalue weighted by Crippen LogP contribution is -2.03. The van der Waals surface area contributed by atoms with Crippen LogP contribution in [-0.4, -0.2) is 56.8 Å². The number of carboxylic acid groups (broad SMARTS) is 2. The van der Waals surface area contributed by atoms with E-state index in [1.165, 1.54) is 39.0 Å². The van der Waals surface area contributed by atoms with Crippen LogP contribution in [-0.2, 0) is 9.59 Å². The Bertz CT molecular complexity index is 192. The average Bonchev–Trinajstić information content (AvgIpc) is 2.38. The van der Waals surface area contributed by atoms with E-state index in [-0.39, 0.29) is 6.61 Å². The van der Waals surface area contributed by atoms with Crippen LogP contribution in [0.15, 0.2) is 0 Å². The molecule has 136 valence electrons. The van der Waals surface area contributed by atoms with Gasteiger partial charge in [-0.05, 0) is 13.3 Å². The monoisotopic (exact) mass is 326 g/mol. The molecule has 0 aliphatic carbocycles. The fourth-order valence-corrected chi connectivity index (χ4v) is 0.892. The summed E-state index contributed by atoms with van der Waals surface area (Å²) in [5, 5.41) is 39.3. The summed E-state index contributed by atoms with van der Waals surface area (Å²) in [4.78, 5) is 18.0. The Hall–Kier alpha value is -1.18. The number of unbranched alkanes of at least 4 members (excludes halogenated alkanes) is 5. The summed E-state index contributed by atoms with van der Waals surface area (Å²) in [5.74, 6) is -1.67. The number of aliphatic hydroxyl groups excluding tert-OH is 3. The Morgan fingerprint density at radius 2 is 1.14 bits per heavy atom. The Labute approximate surface area is 133 Å². The normalized spacial score (nSPS) is 9.77. The first-order valence-electron chi connectivity index (χ1n) is 7.44. The van der Waals surface area contributed by atoms with E-state index in [0.717, 1.165) is 20.3 Å². The van der Waals surface area contributed by atoms with Gasteiger partial charge in [0.15, 0.2) is 0 Å². The van der Waals surface area contributed by atoms with Crippen LogP contribution in [0, 0.1) is 0 Å². The van der Waals surface area contributed by atoms with Crippen molar-refractivity contribution in [1.82, 2.24) is 0 Å². The van der Waals surface area contributed by atoms with Gasteiger partial charge in [0, 0.05) is 20.5 Å². The van der Waals surface area contributed by atoms with Crippen molar-refractivity contribution in [2.24, 2.45) is 0 Å². The molecule has 0 bridgehead atoms. The maximum absolute atomic E-state index is 9.00. The van der Waals surface area contributed by atoms with Crippen molar-refractivity contribution in [3.63, 3.8) is 0 Å². The Morgan fingerprint density at radius 1 is 0.864 bits per heavy atom. The van der Waals surface area contributed by atoms with E-state index in [4.69, 9.17) is 35.1 Å². The van der Waals surface area contributed by atoms with Crippen molar-refractivity contribution in [1.29, 1.82) is 0 Å². The van der Waals surface area contributed by atoms with E-state index >= 15 is 0 Å². The topological polar surface area (TPSA) is 135 Å². The third-order valence-corrected chi connectivity index (χ3v) is 1.78. The molecule has 0 fully saturated rings. The molecule has 0 amide bonds. The number of hydrogen-bond acceptors (Lipinski definition) is 5. The standard InChI is InChI=1S/C8H18O.C3H8O2.2C2H4O2/c1-2-3-4-5-6-7-8-9;1-3(5)2-4;2*1-2(3)4/h9H,2-8H2,1H3;3-5H,2H2,1H3;2*1H3,(H,3,4). The fraction of sp³-hybridized carbons (Fsp3) is 0.867. The molecule has 1 unspecified atom stereocenters. The lowest BCUT2D eigenvalue weighted by Gasteiger charge is -1.95. The molecule has 0 spiro atoms. The Balaban J connectivity index is -0.000000107. The molecule has 0 aromatic carbocycles. The highest BCUT2D eigenvalue weighted by Crippen LogP contribution is 2.03. The van der Waals surface area contributed by atoms with Gasteiger partial charge in [-0.2, -0.15) is 0 Å². The van der Waals surface area contributed by atoms with Crippen LogP contribution in [0.5, 0.6) is 0 Å². The van der Waals surface area contributed by atoms with Crippen molar-refractivity contribution >= 4 is 11.9 Å². The van der Waals surface area contributed by atoms with E-state index in [9.17, 15) is 0 Å². The number of hydrogen-bond donors (Lipinski definition) is 5. The fourth-order valence-electron chi connectivity index (χ4n) is 0.892. The Kier molecular flexibility index (Phi) is 36.9. The minimum atomic E-state index is -0.833. The molecule has 1 atom stereocenters. The van der Waals surface area contributed by atoms with E-state index in [1.807, 2.05) is 0 Å². The third kappa shape index (κ3) is 128. The maximum atomic E-state index is 9.00.